The van der Waals surface area contributed by atoms with Crippen molar-refractivity contribution in [1.82, 2.24) is 4.98 Å². The summed E-state index contributed by atoms with van der Waals surface area (Å²) in [6, 6.07) is 5.87. The number of hydrogen-bond donors (Lipinski definition) is 0. The summed E-state index contributed by atoms with van der Waals surface area (Å²) in [4.78, 5) is 4.96. The van der Waals surface area contributed by atoms with Gasteiger partial charge in [0.2, 0.25) is 0 Å². The van der Waals surface area contributed by atoms with E-state index in [2.05, 4.69) is 18.0 Å². The first-order valence-electron chi connectivity index (χ1n) is 3.86. The van der Waals surface area contributed by atoms with Crippen molar-refractivity contribution in [1.29, 1.82) is 5.26 Å². The minimum atomic E-state index is 0.538. The summed E-state index contributed by atoms with van der Waals surface area (Å²) < 4.78 is 0. The van der Waals surface area contributed by atoms with Crippen molar-refractivity contribution in [3.05, 3.63) is 24.0 Å². The van der Waals surface area contributed by atoms with Crippen LogP contribution in [-0.2, 0) is 0 Å². The number of rotatable bonds is 3. The minimum Gasteiger partial charge on any atom is -0.244 e. The molecule has 0 atom stereocenters. The molecule has 0 N–H and O–H groups in total. The topological polar surface area (TPSA) is 36.7 Å². The molecule has 0 aliphatic rings. The van der Waals surface area contributed by atoms with Gasteiger partial charge >= 0.3 is 0 Å². The molecule has 1 aromatic heterocycles. The van der Waals surface area contributed by atoms with E-state index in [0.717, 1.165) is 17.1 Å². The van der Waals surface area contributed by atoms with E-state index in [4.69, 9.17) is 5.26 Å². The highest BCUT2D eigenvalue weighted by Crippen LogP contribution is 2.20. The average molecular weight is 178 g/mol. The van der Waals surface area contributed by atoms with E-state index in [1.165, 1.54) is 0 Å². The van der Waals surface area contributed by atoms with Gasteiger partial charge in [0.05, 0.1) is 0 Å². The minimum absolute atomic E-state index is 0.538. The molecule has 62 valence electrons. The number of hydrogen-bond acceptors (Lipinski definition) is 3. The molecule has 0 radical (unpaired) electrons. The van der Waals surface area contributed by atoms with Gasteiger partial charge in [-0.3, -0.25) is 0 Å². The normalized spacial score (nSPS) is 9.33. The monoisotopic (exact) mass is 178 g/mol. The van der Waals surface area contributed by atoms with Gasteiger partial charge in [0.15, 0.2) is 5.69 Å². The largest absolute Gasteiger partial charge is 0.244 e. The standard InChI is InChI=1S/C9H10N2S/c1-2-6-12-9-4-3-5-11-8(9)7-10/h3-5H,2,6H2,1H3. The number of pyridine rings is 1. The number of nitrogens with zero attached hydrogens (tertiary/aromatic N) is 2. The Kier molecular flexibility index (Phi) is 3.62. The van der Waals surface area contributed by atoms with Gasteiger partial charge < -0.3 is 0 Å². The van der Waals surface area contributed by atoms with E-state index in [1.807, 2.05) is 12.1 Å². The number of thioether (sulfide) groups is 1. The highest BCUT2D eigenvalue weighted by atomic mass is 32.2. The fraction of sp³-hybridized carbons (Fsp3) is 0.333. The number of nitriles is 1. The smallest absolute Gasteiger partial charge is 0.153 e. The first-order chi connectivity index (χ1) is 5.88. The van der Waals surface area contributed by atoms with Crippen LogP contribution in [-0.4, -0.2) is 10.7 Å². The van der Waals surface area contributed by atoms with Gasteiger partial charge in [-0.15, -0.1) is 11.8 Å². The fourth-order valence-electron chi connectivity index (χ4n) is 0.803. The lowest BCUT2D eigenvalue weighted by Gasteiger charge is -1.99. The third kappa shape index (κ3) is 2.24. The van der Waals surface area contributed by atoms with Crippen molar-refractivity contribution in [2.75, 3.05) is 5.75 Å². The fourth-order valence-corrected chi connectivity index (χ4v) is 1.64. The molecule has 0 spiro atoms. The Labute approximate surface area is 76.6 Å². The molecule has 0 fully saturated rings. The molecule has 0 saturated heterocycles. The molecule has 0 aliphatic carbocycles. The third-order valence-electron chi connectivity index (χ3n) is 1.34. The van der Waals surface area contributed by atoms with Crippen LogP contribution in [0.1, 0.15) is 19.0 Å². The molecule has 3 heteroatoms. The first-order valence-corrected chi connectivity index (χ1v) is 4.85. The lowest BCUT2D eigenvalue weighted by atomic mass is 10.4. The van der Waals surface area contributed by atoms with Gasteiger partial charge in [0.1, 0.15) is 6.07 Å². The van der Waals surface area contributed by atoms with Crippen molar-refractivity contribution >= 4 is 11.8 Å². The molecule has 0 unspecified atom stereocenters. The van der Waals surface area contributed by atoms with Crippen LogP contribution in [0.5, 0.6) is 0 Å². The van der Waals surface area contributed by atoms with Crippen LogP contribution in [0.25, 0.3) is 0 Å². The molecule has 0 bridgehead atoms. The summed E-state index contributed by atoms with van der Waals surface area (Å²) >= 11 is 1.69. The summed E-state index contributed by atoms with van der Waals surface area (Å²) in [5.41, 5.74) is 0.538. The molecule has 0 aromatic carbocycles. The van der Waals surface area contributed by atoms with Crippen LogP contribution >= 0.6 is 11.8 Å². The maximum absolute atomic E-state index is 8.69. The van der Waals surface area contributed by atoms with E-state index in [0.29, 0.717) is 5.69 Å². The van der Waals surface area contributed by atoms with Gasteiger partial charge in [-0.1, -0.05) is 6.92 Å². The highest BCUT2D eigenvalue weighted by molar-refractivity contribution is 7.99. The van der Waals surface area contributed by atoms with E-state index >= 15 is 0 Å². The van der Waals surface area contributed by atoms with Crippen LogP contribution in [0.15, 0.2) is 23.2 Å². The average Bonchev–Trinajstić information content (AvgIpc) is 2.15. The molecule has 2 nitrogen and oxygen atoms in total. The molecular weight excluding hydrogens is 168 g/mol. The van der Waals surface area contributed by atoms with E-state index in [9.17, 15) is 0 Å². The van der Waals surface area contributed by atoms with Gasteiger partial charge in [-0.2, -0.15) is 5.26 Å². The van der Waals surface area contributed by atoms with Gasteiger partial charge in [0, 0.05) is 11.1 Å². The lowest BCUT2D eigenvalue weighted by Crippen LogP contribution is -1.85. The lowest BCUT2D eigenvalue weighted by molar-refractivity contribution is 1.10. The van der Waals surface area contributed by atoms with Gasteiger partial charge in [0.25, 0.3) is 0 Å². The van der Waals surface area contributed by atoms with Crippen molar-refractivity contribution in [3.63, 3.8) is 0 Å². The summed E-state index contributed by atoms with van der Waals surface area (Å²) in [7, 11) is 0. The van der Waals surface area contributed by atoms with E-state index < -0.39 is 0 Å². The Morgan fingerprint density at radius 1 is 1.67 bits per heavy atom. The molecule has 0 aliphatic heterocycles. The molecule has 1 heterocycles. The molecular formula is C9H10N2S. The third-order valence-corrected chi connectivity index (χ3v) is 2.59. The van der Waals surface area contributed by atoms with Crippen LogP contribution < -0.4 is 0 Å². The van der Waals surface area contributed by atoms with E-state index in [-0.39, 0.29) is 0 Å². The Balaban J connectivity index is 2.77. The summed E-state index contributed by atoms with van der Waals surface area (Å²) in [6.07, 6.45) is 2.76. The second-order valence-electron chi connectivity index (χ2n) is 2.31. The molecule has 12 heavy (non-hydrogen) atoms. The molecule has 0 saturated carbocycles. The Morgan fingerprint density at radius 3 is 3.17 bits per heavy atom. The van der Waals surface area contributed by atoms with Gasteiger partial charge in [-0.25, -0.2) is 4.98 Å². The Morgan fingerprint density at radius 2 is 2.50 bits per heavy atom. The van der Waals surface area contributed by atoms with Crippen LogP contribution in [0, 0.1) is 11.3 Å². The first kappa shape index (κ1) is 9.08. The predicted octanol–water partition coefficient (Wildman–Crippen LogP) is 2.46. The van der Waals surface area contributed by atoms with Crippen LogP contribution in [0.2, 0.25) is 0 Å². The zero-order chi connectivity index (χ0) is 8.81. The number of aromatic nitrogens is 1. The molecule has 1 rings (SSSR count). The molecule has 1 aromatic rings. The summed E-state index contributed by atoms with van der Waals surface area (Å²) in [5, 5.41) is 8.69. The second kappa shape index (κ2) is 4.78. The van der Waals surface area contributed by atoms with Gasteiger partial charge in [-0.05, 0) is 24.3 Å². The summed E-state index contributed by atoms with van der Waals surface area (Å²) in [6.45, 7) is 2.12. The van der Waals surface area contributed by atoms with Crippen molar-refractivity contribution in [2.24, 2.45) is 0 Å². The zero-order valence-electron chi connectivity index (χ0n) is 6.95. The Bertz CT molecular complexity index is 291. The molecule has 0 amide bonds. The van der Waals surface area contributed by atoms with Crippen LogP contribution in [0.3, 0.4) is 0 Å². The second-order valence-corrected chi connectivity index (χ2v) is 3.45. The Hall–Kier alpha value is -1.01. The van der Waals surface area contributed by atoms with E-state index in [1.54, 1.807) is 18.0 Å². The maximum Gasteiger partial charge on any atom is 0.153 e. The SMILES string of the molecule is CCCSc1cccnc1C#N. The van der Waals surface area contributed by atoms with Crippen molar-refractivity contribution in [3.8, 4) is 6.07 Å². The predicted molar refractivity (Wildman–Crippen MR) is 50.0 cm³/mol. The maximum atomic E-state index is 8.69. The van der Waals surface area contributed by atoms with Crippen LogP contribution in [0.4, 0.5) is 0 Å². The zero-order valence-corrected chi connectivity index (χ0v) is 7.77. The quantitative estimate of drug-likeness (QED) is 0.667. The highest BCUT2D eigenvalue weighted by Gasteiger charge is 2.00. The van der Waals surface area contributed by atoms with Crippen molar-refractivity contribution in [2.45, 2.75) is 18.2 Å². The van der Waals surface area contributed by atoms with Crippen molar-refractivity contribution < 1.29 is 0 Å². The summed E-state index contributed by atoms with van der Waals surface area (Å²) in [5.74, 6) is 1.04.